The highest BCUT2D eigenvalue weighted by atomic mass is 31.1. The standard InChI is InChI=1S/C25H30O3.C20H17OP/c26-21-15-7-13-19(23(21)17-9-3-1-4-10-17)25(28)20-14-8-16-22(27)24(20)18-11-5-2-6-12-18;1-16-10-8-9-15-19(16)20(21)22(17-11-4-2-5-12-17)18-13-6-3-7-14-18/h7-8,13-18,26-27H,1-6,9-12H2;2-15H,1H3. The average molecular weight is 683 g/mol. The van der Waals surface area contributed by atoms with Gasteiger partial charge in [0, 0.05) is 35.7 Å². The van der Waals surface area contributed by atoms with Crippen LogP contribution in [-0.2, 0) is 0 Å². The SMILES string of the molecule is Cc1ccccc1C(=O)P(c1ccccc1)c1ccccc1.O=C(c1cccc(O)c1C1CCCCC1)c1cccc(O)c1C1CCCCC1. The summed E-state index contributed by atoms with van der Waals surface area (Å²) in [7, 11) is -1.04. The van der Waals surface area contributed by atoms with E-state index in [1.165, 1.54) is 12.8 Å². The van der Waals surface area contributed by atoms with E-state index in [2.05, 4.69) is 24.3 Å². The Morgan fingerprint density at radius 3 is 1.34 bits per heavy atom. The molecular weight excluding hydrogens is 635 g/mol. The number of hydrogen-bond acceptors (Lipinski definition) is 4. The van der Waals surface area contributed by atoms with Crippen molar-refractivity contribution < 1.29 is 19.8 Å². The van der Waals surface area contributed by atoms with Crippen LogP contribution in [0, 0.1) is 6.92 Å². The van der Waals surface area contributed by atoms with Gasteiger partial charge in [-0.1, -0.05) is 148 Å². The normalized spacial score (nSPS) is 15.2. The molecule has 50 heavy (non-hydrogen) atoms. The first-order valence-electron chi connectivity index (χ1n) is 18.1. The molecule has 5 aromatic rings. The number of rotatable bonds is 8. The van der Waals surface area contributed by atoms with Crippen molar-refractivity contribution in [2.45, 2.75) is 83.0 Å². The maximum Gasteiger partial charge on any atom is 0.193 e. The molecule has 0 bridgehead atoms. The van der Waals surface area contributed by atoms with Crippen LogP contribution in [0.25, 0.3) is 0 Å². The number of ketones is 1. The number of phenolic OH excluding ortho intramolecular Hbond substituents is 2. The first-order chi connectivity index (χ1) is 24.4. The lowest BCUT2D eigenvalue weighted by atomic mass is 9.77. The Morgan fingerprint density at radius 1 is 0.500 bits per heavy atom. The van der Waals surface area contributed by atoms with Gasteiger partial charge >= 0.3 is 0 Å². The Hall–Kier alpha value is -4.53. The molecule has 2 aliphatic rings. The smallest absolute Gasteiger partial charge is 0.193 e. The number of benzene rings is 5. The van der Waals surface area contributed by atoms with Crippen molar-refractivity contribution in [3.8, 4) is 11.5 Å². The predicted octanol–water partition coefficient (Wildman–Crippen LogP) is 10.7. The predicted molar refractivity (Wildman–Crippen MR) is 206 cm³/mol. The summed E-state index contributed by atoms with van der Waals surface area (Å²) in [5.41, 5.74) is 4.90. The Labute approximate surface area is 298 Å². The number of aryl methyl sites for hydroxylation is 1. The molecule has 0 spiro atoms. The quantitative estimate of drug-likeness (QED) is 0.126. The molecule has 2 saturated carbocycles. The fourth-order valence-corrected chi connectivity index (χ4v) is 9.96. The van der Waals surface area contributed by atoms with Crippen molar-refractivity contribution in [1.29, 1.82) is 0 Å². The van der Waals surface area contributed by atoms with Crippen molar-refractivity contribution >= 4 is 29.8 Å². The van der Waals surface area contributed by atoms with Crippen LogP contribution in [0.3, 0.4) is 0 Å². The van der Waals surface area contributed by atoms with Gasteiger partial charge in [0.05, 0.1) is 0 Å². The molecule has 0 amide bonds. The molecule has 2 aliphatic carbocycles. The van der Waals surface area contributed by atoms with Crippen LogP contribution in [0.2, 0.25) is 0 Å². The summed E-state index contributed by atoms with van der Waals surface area (Å²) in [5.74, 6) is 0.885. The van der Waals surface area contributed by atoms with Crippen LogP contribution in [0.15, 0.2) is 121 Å². The van der Waals surface area contributed by atoms with Gasteiger partial charge in [-0.25, -0.2) is 0 Å². The van der Waals surface area contributed by atoms with Crippen molar-refractivity contribution in [1.82, 2.24) is 0 Å². The maximum atomic E-state index is 13.7. The van der Waals surface area contributed by atoms with Crippen molar-refractivity contribution in [2.75, 3.05) is 0 Å². The van der Waals surface area contributed by atoms with Gasteiger partial charge in [-0.15, -0.1) is 0 Å². The molecule has 0 saturated heterocycles. The molecule has 5 heteroatoms. The molecular formula is C45H47O4P. The first kappa shape index (κ1) is 35.3. The molecule has 0 aromatic heterocycles. The average Bonchev–Trinajstić information content (AvgIpc) is 3.16. The second kappa shape index (κ2) is 16.9. The summed E-state index contributed by atoms with van der Waals surface area (Å²) in [5, 5.41) is 23.4. The monoisotopic (exact) mass is 682 g/mol. The largest absolute Gasteiger partial charge is 0.508 e. The zero-order valence-electron chi connectivity index (χ0n) is 28.9. The summed E-state index contributed by atoms with van der Waals surface area (Å²) in [4.78, 5) is 26.9. The zero-order valence-corrected chi connectivity index (χ0v) is 29.8. The van der Waals surface area contributed by atoms with Gasteiger partial charge in [0.25, 0.3) is 0 Å². The van der Waals surface area contributed by atoms with Crippen molar-refractivity contribution in [2.24, 2.45) is 0 Å². The summed E-state index contributed by atoms with van der Waals surface area (Å²) in [6.07, 6.45) is 11.1. The van der Waals surface area contributed by atoms with E-state index in [1.807, 2.05) is 79.7 Å². The molecule has 2 N–H and O–H groups in total. The van der Waals surface area contributed by atoms with Gasteiger partial charge in [0.1, 0.15) is 11.5 Å². The van der Waals surface area contributed by atoms with Gasteiger partial charge in [-0.2, -0.15) is 0 Å². The van der Waals surface area contributed by atoms with E-state index in [4.69, 9.17) is 0 Å². The van der Waals surface area contributed by atoms with E-state index in [-0.39, 0.29) is 34.6 Å². The van der Waals surface area contributed by atoms with E-state index < -0.39 is 7.92 Å². The van der Waals surface area contributed by atoms with Crippen LogP contribution in [0.1, 0.15) is 119 Å². The summed E-state index contributed by atoms with van der Waals surface area (Å²) in [6.45, 7) is 2.00. The second-order valence-electron chi connectivity index (χ2n) is 13.6. The van der Waals surface area contributed by atoms with Crippen molar-refractivity contribution in [3.05, 3.63) is 155 Å². The number of carbonyl (C=O) groups is 2. The van der Waals surface area contributed by atoms with Crippen LogP contribution in [0.4, 0.5) is 0 Å². The second-order valence-corrected chi connectivity index (χ2v) is 15.7. The lowest BCUT2D eigenvalue weighted by Crippen LogP contribution is -2.18. The summed E-state index contributed by atoms with van der Waals surface area (Å²) in [6, 6.07) is 38.6. The molecule has 256 valence electrons. The molecule has 4 nitrogen and oxygen atoms in total. The van der Waals surface area contributed by atoms with Crippen LogP contribution >= 0.6 is 7.92 Å². The minimum absolute atomic E-state index is 0.0621. The van der Waals surface area contributed by atoms with Gasteiger partial charge in [0.15, 0.2) is 11.3 Å². The van der Waals surface area contributed by atoms with E-state index in [0.29, 0.717) is 11.1 Å². The van der Waals surface area contributed by atoms with E-state index in [0.717, 1.165) is 84.2 Å². The molecule has 2 fully saturated rings. The molecule has 0 unspecified atom stereocenters. The molecule has 0 atom stereocenters. The molecule has 5 aromatic carbocycles. The highest BCUT2D eigenvalue weighted by Crippen LogP contribution is 2.43. The maximum absolute atomic E-state index is 13.7. The van der Waals surface area contributed by atoms with E-state index in [9.17, 15) is 19.8 Å². The van der Waals surface area contributed by atoms with Gasteiger partial charge in [-0.05, 0) is 72.7 Å². The Bertz CT molecular complexity index is 1780. The summed E-state index contributed by atoms with van der Waals surface area (Å²) < 4.78 is 0. The lowest BCUT2D eigenvalue weighted by molar-refractivity contribution is 0.103. The number of carbonyl (C=O) groups excluding carboxylic acids is 2. The van der Waals surface area contributed by atoms with Crippen LogP contribution in [0.5, 0.6) is 11.5 Å². The Kier molecular flexibility index (Phi) is 11.9. The highest BCUT2D eigenvalue weighted by Gasteiger charge is 2.29. The zero-order chi connectivity index (χ0) is 34.9. The number of hydrogen-bond donors (Lipinski definition) is 2. The van der Waals surface area contributed by atoms with Gasteiger partial charge < -0.3 is 10.2 Å². The first-order valence-corrected chi connectivity index (χ1v) is 19.5. The Balaban J connectivity index is 0.000000178. The minimum atomic E-state index is -1.04. The van der Waals surface area contributed by atoms with E-state index >= 15 is 0 Å². The van der Waals surface area contributed by atoms with Gasteiger partial charge in [0.2, 0.25) is 0 Å². The molecule has 0 heterocycles. The fraction of sp³-hybridized carbons (Fsp3) is 0.289. The molecule has 0 aliphatic heterocycles. The van der Waals surface area contributed by atoms with Crippen LogP contribution in [-0.4, -0.2) is 21.5 Å². The number of aromatic hydroxyl groups is 2. The highest BCUT2D eigenvalue weighted by molar-refractivity contribution is 7.88. The fourth-order valence-electron chi connectivity index (χ4n) is 7.76. The topological polar surface area (TPSA) is 74.6 Å². The third kappa shape index (κ3) is 8.09. The lowest BCUT2D eigenvalue weighted by Gasteiger charge is -2.27. The summed E-state index contributed by atoms with van der Waals surface area (Å²) >= 11 is 0. The van der Waals surface area contributed by atoms with E-state index in [1.54, 1.807) is 24.3 Å². The van der Waals surface area contributed by atoms with Crippen LogP contribution < -0.4 is 10.6 Å². The van der Waals surface area contributed by atoms with Gasteiger partial charge in [-0.3, -0.25) is 9.59 Å². The third-order valence-electron chi connectivity index (χ3n) is 10.3. The molecule has 0 radical (unpaired) electrons. The third-order valence-corrected chi connectivity index (χ3v) is 12.6. The minimum Gasteiger partial charge on any atom is -0.508 e. The molecule has 7 rings (SSSR count). The Morgan fingerprint density at radius 2 is 0.900 bits per heavy atom. The number of phenols is 2. The van der Waals surface area contributed by atoms with Crippen molar-refractivity contribution in [3.63, 3.8) is 0 Å².